The lowest BCUT2D eigenvalue weighted by Crippen LogP contribution is -2.30. The fourth-order valence-corrected chi connectivity index (χ4v) is 4.11. The number of hydrogen-bond acceptors (Lipinski definition) is 9. The predicted octanol–water partition coefficient (Wildman–Crippen LogP) is 3.31. The van der Waals surface area contributed by atoms with Crippen LogP contribution in [-0.4, -0.2) is 29.5 Å². The summed E-state index contributed by atoms with van der Waals surface area (Å²) in [4.78, 5) is 35.2. The van der Waals surface area contributed by atoms with Gasteiger partial charge >= 0.3 is 0 Å². The molecule has 0 aliphatic heterocycles. The van der Waals surface area contributed by atoms with Gasteiger partial charge in [0.05, 0.1) is 34.4 Å². The van der Waals surface area contributed by atoms with Gasteiger partial charge in [0, 0.05) is 0 Å². The van der Waals surface area contributed by atoms with Gasteiger partial charge in [0.2, 0.25) is 0 Å². The van der Waals surface area contributed by atoms with E-state index in [2.05, 4.69) is 25.3 Å². The van der Waals surface area contributed by atoms with Crippen molar-refractivity contribution in [1.82, 2.24) is 29.5 Å². The van der Waals surface area contributed by atoms with Crippen molar-refractivity contribution in [1.29, 1.82) is 0 Å². The fraction of sp³-hybridized carbons (Fsp3) is 0.238. The summed E-state index contributed by atoms with van der Waals surface area (Å²) in [6.45, 7) is 1.83. The SMILES string of the molecule is Cc1ccc(Cl)c2nc([C@@H](Nc3ncnc(N)c3Cl)C3CC3)n(-c3cnc(N)cn3)c(=O)c12. The highest BCUT2D eigenvalue weighted by Crippen LogP contribution is 2.43. The largest absolute Gasteiger partial charge is 0.382 e. The minimum absolute atomic E-state index is 0.149. The van der Waals surface area contributed by atoms with E-state index in [1.165, 1.54) is 23.3 Å². The summed E-state index contributed by atoms with van der Waals surface area (Å²) in [5, 5.41) is 4.29. The quantitative estimate of drug-likeness (QED) is 0.388. The maximum Gasteiger partial charge on any atom is 0.267 e. The zero-order valence-corrected chi connectivity index (χ0v) is 19.0. The van der Waals surface area contributed by atoms with Crippen LogP contribution in [0.1, 0.15) is 30.3 Å². The summed E-state index contributed by atoms with van der Waals surface area (Å²) >= 11 is 12.8. The van der Waals surface area contributed by atoms with Crippen molar-refractivity contribution in [3.8, 4) is 5.82 Å². The number of fused-ring (bicyclic) bond motifs is 1. The van der Waals surface area contributed by atoms with Gasteiger partial charge < -0.3 is 16.8 Å². The van der Waals surface area contributed by atoms with E-state index in [0.717, 1.165) is 18.4 Å². The molecular weight excluding hydrogens is 465 g/mol. The van der Waals surface area contributed by atoms with Gasteiger partial charge in [-0.15, -0.1) is 0 Å². The molecule has 0 amide bonds. The van der Waals surface area contributed by atoms with Crippen LogP contribution in [0.3, 0.4) is 0 Å². The first-order chi connectivity index (χ1) is 15.8. The van der Waals surface area contributed by atoms with E-state index in [1.54, 1.807) is 12.1 Å². The minimum atomic E-state index is -0.426. The van der Waals surface area contributed by atoms with Crippen LogP contribution in [-0.2, 0) is 0 Å². The van der Waals surface area contributed by atoms with Crippen molar-refractivity contribution in [2.24, 2.45) is 5.92 Å². The molecule has 33 heavy (non-hydrogen) atoms. The molecule has 12 heteroatoms. The molecule has 3 heterocycles. The van der Waals surface area contributed by atoms with Gasteiger partial charge in [0.1, 0.15) is 28.8 Å². The molecule has 1 fully saturated rings. The molecule has 0 bridgehead atoms. The van der Waals surface area contributed by atoms with Crippen LogP contribution in [0.15, 0.2) is 35.6 Å². The lowest BCUT2D eigenvalue weighted by molar-refractivity contribution is 0.605. The van der Waals surface area contributed by atoms with Crippen LogP contribution in [0.5, 0.6) is 0 Å². The Bertz CT molecular complexity index is 1430. The lowest BCUT2D eigenvalue weighted by Gasteiger charge is -2.23. The molecule has 5 N–H and O–H groups in total. The van der Waals surface area contributed by atoms with Crippen molar-refractivity contribution < 1.29 is 0 Å². The molecule has 168 valence electrons. The van der Waals surface area contributed by atoms with Gasteiger partial charge in [0.25, 0.3) is 5.56 Å². The maximum atomic E-state index is 13.8. The number of halogens is 2. The van der Waals surface area contributed by atoms with Crippen molar-refractivity contribution in [3.05, 3.63) is 62.6 Å². The average molecular weight is 484 g/mol. The highest BCUT2D eigenvalue weighted by molar-refractivity contribution is 6.35. The van der Waals surface area contributed by atoms with E-state index >= 15 is 0 Å². The molecule has 10 nitrogen and oxygen atoms in total. The van der Waals surface area contributed by atoms with E-state index in [4.69, 9.17) is 39.7 Å². The number of aromatic nitrogens is 6. The molecule has 4 aromatic rings. The van der Waals surface area contributed by atoms with Gasteiger partial charge in [0.15, 0.2) is 11.6 Å². The molecule has 0 unspecified atom stereocenters. The van der Waals surface area contributed by atoms with Gasteiger partial charge in [-0.25, -0.2) is 29.5 Å². The molecule has 5 rings (SSSR count). The Labute approximate surface area is 198 Å². The smallest absolute Gasteiger partial charge is 0.267 e. The van der Waals surface area contributed by atoms with Gasteiger partial charge in [-0.3, -0.25) is 4.79 Å². The van der Waals surface area contributed by atoms with Crippen molar-refractivity contribution in [2.45, 2.75) is 25.8 Å². The van der Waals surface area contributed by atoms with Gasteiger partial charge in [-0.2, -0.15) is 0 Å². The van der Waals surface area contributed by atoms with Crippen molar-refractivity contribution in [2.75, 3.05) is 16.8 Å². The summed E-state index contributed by atoms with van der Waals surface area (Å²) in [5.41, 5.74) is 12.4. The number of hydrogen-bond donors (Lipinski definition) is 3. The van der Waals surface area contributed by atoms with Gasteiger partial charge in [-0.1, -0.05) is 29.3 Å². The summed E-state index contributed by atoms with van der Waals surface area (Å²) in [5.74, 6) is 1.62. The number of nitrogen functional groups attached to an aromatic ring is 2. The third-order valence-electron chi connectivity index (χ3n) is 5.58. The number of benzene rings is 1. The summed E-state index contributed by atoms with van der Waals surface area (Å²) < 4.78 is 1.44. The van der Waals surface area contributed by atoms with Crippen LogP contribution in [0.2, 0.25) is 10.0 Å². The van der Waals surface area contributed by atoms with E-state index in [0.29, 0.717) is 33.4 Å². The summed E-state index contributed by atoms with van der Waals surface area (Å²) in [6.07, 6.45) is 6.01. The zero-order valence-electron chi connectivity index (χ0n) is 17.5. The molecule has 0 spiro atoms. The van der Waals surface area contributed by atoms with Crippen LogP contribution in [0, 0.1) is 12.8 Å². The Morgan fingerprint density at radius 1 is 1.12 bits per heavy atom. The molecule has 3 aromatic heterocycles. The molecule has 1 atom stereocenters. The number of nitrogens with two attached hydrogens (primary N) is 2. The highest BCUT2D eigenvalue weighted by atomic mass is 35.5. The Hall–Kier alpha value is -3.50. The highest BCUT2D eigenvalue weighted by Gasteiger charge is 2.37. The molecule has 1 aliphatic carbocycles. The first-order valence-corrected chi connectivity index (χ1v) is 10.9. The van der Waals surface area contributed by atoms with Crippen LogP contribution in [0.25, 0.3) is 16.7 Å². The van der Waals surface area contributed by atoms with Crippen LogP contribution < -0.4 is 22.3 Å². The van der Waals surface area contributed by atoms with E-state index in [9.17, 15) is 4.79 Å². The molecule has 1 aromatic carbocycles. The molecule has 1 aliphatic rings. The number of rotatable bonds is 5. The monoisotopic (exact) mass is 483 g/mol. The summed E-state index contributed by atoms with van der Waals surface area (Å²) in [6, 6.07) is 3.08. The Kier molecular flexibility index (Phi) is 5.26. The first kappa shape index (κ1) is 21.4. The Morgan fingerprint density at radius 2 is 1.91 bits per heavy atom. The fourth-order valence-electron chi connectivity index (χ4n) is 3.76. The van der Waals surface area contributed by atoms with Crippen LogP contribution in [0.4, 0.5) is 17.5 Å². The standard InChI is InChI=1S/C21H19Cl2N9O/c1-9-2-5-11(22)17-14(9)21(33)32(13-7-26-12(24)6-27-13)20(31-17)16(10-3-4-10)30-19-15(23)18(25)28-8-29-19/h2,5-8,10,16H,3-4H2,1H3,(H2,24,26)(H3,25,28,29,30)/t16-/m0/s1. The van der Waals surface area contributed by atoms with Gasteiger partial charge in [-0.05, 0) is 37.3 Å². The van der Waals surface area contributed by atoms with E-state index in [-0.39, 0.29) is 28.1 Å². The van der Waals surface area contributed by atoms with Crippen LogP contribution >= 0.6 is 23.2 Å². The average Bonchev–Trinajstić information content (AvgIpc) is 3.63. The number of anilines is 3. The molecule has 0 saturated heterocycles. The van der Waals surface area contributed by atoms with E-state index in [1.807, 2.05) is 6.92 Å². The molecule has 0 radical (unpaired) electrons. The van der Waals surface area contributed by atoms with Crippen molar-refractivity contribution >= 4 is 51.6 Å². The normalized spacial score (nSPS) is 14.4. The topological polar surface area (TPSA) is 151 Å². The zero-order chi connectivity index (χ0) is 23.3. The van der Waals surface area contributed by atoms with E-state index < -0.39 is 6.04 Å². The molecule has 1 saturated carbocycles. The maximum absolute atomic E-state index is 13.8. The Morgan fingerprint density at radius 3 is 2.61 bits per heavy atom. The second-order valence-electron chi connectivity index (χ2n) is 7.88. The third-order valence-corrected chi connectivity index (χ3v) is 6.25. The number of aryl methyl sites for hydroxylation is 1. The third kappa shape index (κ3) is 3.81. The second kappa shape index (κ2) is 8.13. The summed E-state index contributed by atoms with van der Waals surface area (Å²) in [7, 11) is 0. The van der Waals surface area contributed by atoms with Crippen molar-refractivity contribution in [3.63, 3.8) is 0 Å². The number of nitrogens with zero attached hydrogens (tertiary/aromatic N) is 6. The second-order valence-corrected chi connectivity index (χ2v) is 8.66. The Balaban J connectivity index is 1.78. The lowest BCUT2D eigenvalue weighted by atomic mass is 10.1. The predicted molar refractivity (Wildman–Crippen MR) is 128 cm³/mol. The first-order valence-electron chi connectivity index (χ1n) is 10.2. The molecular formula is C21H19Cl2N9O. The number of nitrogens with one attached hydrogen (secondary N) is 1. The minimum Gasteiger partial charge on any atom is -0.382 e.